The second-order valence-electron chi connectivity index (χ2n) is 6.28. The van der Waals surface area contributed by atoms with Gasteiger partial charge in [0.1, 0.15) is 11.3 Å². The number of amides is 1. The number of aliphatic hydroxyl groups is 1. The molecule has 1 fully saturated rings. The highest BCUT2D eigenvalue weighted by molar-refractivity contribution is 5.96. The van der Waals surface area contributed by atoms with Crippen molar-refractivity contribution >= 4 is 5.91 Å². The van der Waals surface area contributed by atoms with Gasteiger partial charge in [-0.05, 0) is 43.7 Å². The molecule has 0 spiro atoms. The van der Waals surface area contributed by atoms with Crippen molar-refractivity contribution in [2.75, 3.05) is 13.1 Å². The molecule has 1 aliphatic rings. The minimum atomic E-state index is 0.0272. The largest absolute Gasteiger partial charge is 0.392 e. The summed E-state index contributed by atoms with van der Waals surface area (Å²) in [6.07, 6.45) is 1.97. The summed E-state index contributed by atoms with van der Waals surface area (Å²) in [7, 11) is 0. The molecule has 1 aromatic carbocycles. The van der Waals surface area contributed by atoms with E-state index in [0.717, 1.165) is 31.5 Å². The summed E-state index contributed by atoms with van der Waals surface area (Å²) >= 11 is 0. The summed E-state index contributed by atoms with van der Waals surface area (Å²) in [5, 5.41) is 13.0. The van der Waals surface area contributed by atoms with Crippen LogP contribution in [0, 0.1) is 19.8 Å². The highest BCUT2D eigenvalue weighted by atomic mass is 16.5. The fraction of sp³-hybridized carbons (Fsp3) is 0.444. The van der Waals surface area contributed by atoms with E-state index in [-0.39, 0.29) is 12.5 Å². The summed E-state index contributed by atoms with van der Waals surface area (Å²) in [5.41, 5.74) is 3.45. The number of carbonyl (C=O) groups is 1. The van der Waals surface area contributed by atoms with E-state index >= 15 is 0 Å². The summed E-state index contributed by atoms with van der Waals surface area (Å²) in [5.74, 6) is 1.09. The summed E-state index contributed by atoms with van der Waals surface area (Å²) in [6.45, 7) is 5.21. The van der Waals surface area contributed by atoms with Crippen molar-refractivity contribution < 1.29 is 14.4 Å². The molecule has 0 bridgehead atoms. The summed E-state index contributed by atoms with van der Waals surface area (Å²) in [6, 6.07) is 8.03. The van der Waals surface area contributed by atoms with Crippen LogP contribution in [-0.4, -0.2) is 34.2 Å². The van der Waals surface area contributed by atoms with Gasteiger partial charge in [-0.1, -0.05) is 29.4 Å². The smallest absolute Gasteiger partial charge is 0.259 e. The molecule has 1 amide bonds. The number of aromatic nitrogens is 1. The van der Waals surface area contributed by atoms with Crippen molar-refractivity contribution in [1.29, 1.82) is 0 Å². The predicted molar refractivity (Wildman–Crippen MR) is 86.1 cm³/mol. The van der Waals surface area contributed by atoms with Crippen LogP contribution in [0.15, 0.2) is 28.8 Å². The number of aliphatic hydroxyl groups excluding tert-OH is 1. The SMILES string of the molecule is Cc1noc(C)c1C(=O)N1CC[C@@H](Cc2ccc(CO)cc2)C1. The molecule has 1 aliphatic heterocycles. The number of likely N-dealkylation sites (tertiary alicyclic amines) is 1. The Labute approximate surface area is 135 Å². The minimum Gasteiger partial charge on any atom is -0.392 e. The summed E-state index contributed by atoms with van der Waals surface area (Å²) < 4.78 is 5.10. The second kappa shape index (κ2) is 6.54. The molecule has 2 heterocycles. The molecular formula is C18H22N2O3. The Hall–Kier alpha value is -2.14. The number of aryl methyl sites for hydroxylation is 2. The molecule has 122 valence electrons. The van der Waals surface area contributed by atoms with E-state index in [1.165, 1.54) is 5.56 Å². The number of nitrogens with zero attached hydrogens (tertiary/aromatic N) is 2. The fourth-order valence-corrected chi connectivity index (χ4v) is 3.24. The maximum atomic E-state index is 12.6. The van der Waals surface area contributed by atoms with Crippen molar-refractivity contribution in [3.05, 3.63) is 52.4 Å². The zero-order valence-corrected chi connectivity index (χ0v) is 13.6. The Morgan fingerprint density at radius 1 is 1.30 bits per heavy atom. The van der Waals surface area contributed by atoms with E-state index in [1.54, 1.807) is 13.8 Å². The van der Waals surface area contributed by atoms with E-state index in [4.69, 9.17) is 9.63 Å². The summed E-state index contributed by atoms with van der Waals surface area (Å²) in [4.78, 5) is 14.5. The molecule has 0 unspecified atom stereocenters. The van der Waals surface area contributed by atoms with E-state index < -0.39 is 0 Å². The van der Waals surface area contributed by atoms with Gasteiger partial charge in [0.2, 0.25) is 0 Å². The average Bonchev–Trinajstić information content (AvgIpc) is 3.15. The Bertz CT molecular complexity index is 671. The quantitative estimate of drug-likeness (QED) is 0.941. The van der Waals surface area contributed by atoms with Crippen LogP contribution in [0.1, 0.15) is 39.4 Å². The Morgan fingerprint density at radius 2 is 2.00 bits per heavy atom. The van der Waals surface area contributed by atoms with Gasteiger partial charge in [0, 0.05) is 13.1 Å². The lowest BCUT2D eigenvalue weighted by molar-refractivity contribution is 0.0784. The minimum absolute atomic E-state index is 0.0272. The second-order valence-corrected chi connectivity index (χ2v) is 6.28. The number of carbonyl (C=O) groups excluding carboxylic acids is 1. The van der Waals surface area contributed by atoms with Crippen molar-refractivity contribution in [2.24, 2.45) is 5.92 Å². The Kier molecular flexibility index (Phi) is 4.48. The van der Waals surface area contributed by atoms with Crippen molar-refractivity contribution in [1.82, 2.24) is 10.1 Å². The van der Waals surface area contributed by atoms with E-state index in [1.807, 2.05) is 17.0 Å². The molecule has 3 rings (SSSR count). The van der Waals surface area contributed by atoms with Crippen LogP contribution in [0.25, 0.3) is 0 Å². The van der Waals surface area contributed by atoms with E-state index in [9.17, 15) is 4.79 Å². The predicted octanol–water partition coefficient (Wildman–Crippen LogP) is 2.49. The van der Waals surface area contributed by atoms with Gasteiger partial charge in [-0.3, -0.25) is 4.79 Å². The number of hydrogen-bond acceptors (Lipinski definition) is 4. The van der Waals surface area contributed by atoms with Gasteiger partial charge in [-0.15, -0.1) is 0 Å². The van der Waals surface area contributed by atoms with E-state index in [2.05, 4.69) is 17.3 Å². The standard InChI is InChI=1S/C18H22N2O3/c1-12-17(13(2)23-19-12)18(22)20-8-7-16(10-20)9-14-3-5-15(11-21)6-4-14/h3-6,16,21H,7-11H2,1-2H3/t16-/m0/s1. The number of hydrogen-bond donors (Lipinski definition) is 1. The molecule has 1 atom stereocenters. The van der Waals surface area contributed by atoms with Crippen molar-refractivity contribution in [3.63, 3.8) is 0 Å². The van der Waals surface area contributed by atoms with Gasteiger partial charge in [-0.2, -0.15) is 0 Å². The van der Waals surface area contributed by atoms with Gasteiger partial charge in [0.25, 0.3) is 5.91 Å². The molecule has 5 heteroatoms. The van der Waals surface area contributed by atoms with Gasteiger partial charge in [0.05, 0.1) is 12.3 Å². The molecule has 23 heavy (non-hydrogen) atoms. The van der Waals surface area contributed by atoms with Gasteiger partial charge in [-0.25, -0.2) is 0 Å². The van der Waals surface area contributed by atoms with Crippen LogP contribution in [0.4, 0.5) is 0 Å². The topological polar surface area (TPSA) is 66.6 Å². The molecule has 2 aromatic rings. The maximum absolute atomic E-state index is 12.6. The third kappa shape index (κ3) is 3.29. The van der Waals surface area contributed by atoms with Crippen molar-refractivity contribution in [2.45, 2.75) is 33.3 Å². The maximum Gasteiger partial charge on any atom is 0.259 e. The molecule has 1 aromatic heterocycles. The van der Waals surface area contributed by atoms with Crippen molar-refractivity contribution in [3.8, 4) is 0 Å². The molecule has 0 saturated carbocycles. The first-order valence-electron chi connectivity index (χ1n) is 7.99. The van der Waals surface area contributed by atoms with Gasteiger partial charge >= 0.3 is 0 Å². The molecule has 0 aliphatic carbocycles. The molecule has 1 N–H and O–H groups in total. The van der Waals surface area contributed by atoms with Crippen LogP contribution in [0.3, 0.4) is 0 Å². The van der Waals surface area contributed by atoms with Crippen LogP contribution in [0.5, 0.6) is 0 Å². The normalized spacial score (nSPS) is 17.7. The Morgan fingerprint density at radius 3 is 2.61 bits per heavy atom. The van der Waals surface area contributed by atoms with Crippen LogP contribution >= 0.6 is 0 Å². The highest BCUT2D eigenvalue weighted by Crippen LogP contribution is 2.24. The average molecular weight is 314 g/mol. The lowest BCUT2D eigenvalue weighted by Gasteiger charge is -2.16. The molecular weight excluding hydrogens is 292 g/mol. The lowest BCUT2D eigenvalue weighted by atomic mass is 9.98. The third-order valence-corrected chi connectivity index (χ3v) is 4.55. The molecule has 1 saturated heterocycles. The fourth-order valence-electron chi connectivity index (χ4n) is 3.24. The zero-order valence-electron chi connectivity index (χ0n) is 13.6. The van der Waals surface area contributed by atoms with Crippen LogP contribution in [-0.2, 0) is 13.0 Å². The first-order chi connectivity index (χ1) is 11.1. The first-order valence-corrected chi connectivity index (χ1v) is 7.99. The lowest BCUT2D eigenvalue weighted by Crippen LogP contribution is -2.29. The number of rotatable bonds is 4. The highest BCUT2D eigenvalue weighted by Gasteiger charge is 2.30. The van der Waals surface area contributed by atoms with E-state index in [0.29, 0.717) is 22.9 Å². The molecule has 5 nitrogen and oxygen atoms in total. The van der Waals surface area contributed by atoms with Crippen LogP contribution in [0.2, 0.25) is 0 Å². The first kappa shape index (κ1) is 15.7. The van der Waals surface area contributed by atoms with Gasteiger partial charge < -0.3 is 14.5 Å². The monoisotopic (exact) mass is 314 g/mol. The van der Waals surface area contributed by atoms with Crippen LogP contribution < -0.4 is 0 Å². The van der Waals surface area contributed by atoms with Gasteiger partial charge in [0.15, 0.2) is 0 Å². The number of benzene rings is 1. The Balaban J connectivity index is 1.63. The zero-order chi connectivity index (χ0) is 16.4. The molecule has 0 radical (unpaired) electrons. The third-order valence-electron chi connectivity index (χ3n) is 4.55.